The van der Waals surface area contributed by atoms with E-state index in [1.54, 1.807) is 0 Å². The van der Waals surface area contributed by atoms with Gasteiger partial charge in [0.25, 0.3) is 0 Å². The van der Waals surface area contributed by atoms with Crippen molar-refractivity contribution in [3.63, 3.8) is 0 Å². The smallest absolute Gasteiger partial charge is 0.434 e. The molecule has 0 amide bonds. The number of rotatable bonds is 3. The minimum Gasteiger partial charge on any atom is -0.551 e. The Hall–Kier alpha value is -6.98. The van der Waals surface area contributed by atoms with Crippen molar-refractivity contribution in [1.29, 1.82) is 0 Å². The molecule has 0 saturated carbocycles. The summed E-state index contributed by atoms with van der Waals surface area (Å²) < 4.78 is 18.6. The largest absolute Gasteiger partial charge is 0.551 e. The van der Waals surface area contributed by atoms with Gasteiger partial charge in [-0.05, 0) is 71.3 Å². The summed E-state index contributed by atoms with van der Waals surface area (Å²) in [6.07, 6.45) is 0. The summed E-state index contributed by atoms with van der Waals surface area (Å²) in [5.41, 5.74) is 13.4. The van der Waals surface area contributed by atoms with Gasteiger partial charge in [0.15, 0.2) is 0 Å². The second kappa shape index (κ2) is 10.8. The van der Waals surface area contributed by atoms with E-state index in [-0.39, 0.29) is 6.92 Å². The Morgan fingerprint density at radius 3 is 1.60 bits per heavy atom. The van der Waals surface area contributed by atoms with E-state index in [0.717, 1.165) is 61.8 Å². The fourth-order valence-corrected chi connectivity index (χ4v) is 8.88. The molecule has 8 aromatic carbocycles. The van der Waals surface area contributed by atoms with Gasteiger partial charge in [-0.1, -0.05) is 115 Å². The molecule has 246 valence electrons. The zero-order valence-electron chi connectivity index (χ0n) is 28.5. The lowest BCUT2D eigenvalue weighted by molar-refractivity contribution is 0.479. The number of hydrogen-bond donors (Lipinski definition) is 0. The van der Waals surface area contributed by atoms with Gasteiger partial charge in [-0.3, -0.25) is 0 Å². The molecule has 0 radical (unpaired) electrons. The monoisotopic (exact) mass is 676 g/mol. The van der Waals surface area contributed by atoms with Crippen molar-refractivity contribution >= 4 is 61.5 Å². The van der Waals surface area contributed by atoms with Crippen molar-refractivity contribution in [1.82, 2.24) is 9.13 Å². The quantitative estimate of drug-likeness (QED) is 0.174. The highest BCUT2D eigenvalue weighted by Crippen LogP contribution is 2.43. The second-order valence-corrected chi connectivity index (χ2v) is 14.0. The van der Waals surface area contributed by atoms with E-state index >= 15 is 0 Å². The molecule has 5 heteroatoms. The molecule has 2 aliphatic heterocycles. The molecule has 2 aromatic heterocycles. The molecular weight excluding hydrogens is 647 g/mol. The Bertz CT molecular complexity index is 3050. The highest BCUT2D eigenvalue weighted by Gasteiger charge is 2.41. The summed E-state index contributed by atoms with van der Waals surface area (Å²) in [5.74, 6) is 2.51. The number of nitrogens with zero attached hydrogens (tertiary/aromatic N) is 2. The summed E-state index contributed by atoms with van der Waals surface area (Å²) in [6.45, 7) is -0.288. The van der Waals surface area contributed by atoms with Crippen LogP contribution in [-0.4, -0.2) is 16.0 Å². The Morgan fingerprint density at radius 2 is 0.943 bits per heavy atom. The van der Waals surface area contributed by atoms with Gasteiger partial charge in [-0.15, -0.1) is 0 Å². The molecule has 4 heterocycles. The van der Waals surface area contributed by atoms with Crippen LogP contribution in [0.25, 0.3) is 77.2 Å². The highest BCUT2D eigenvalue weighted by atomic mass is 16.5. The lowest BCUT2D eigenvalue weighted by Crippen LogP contribution is -2.53. The van der Waals surface area contributed by atoms with Crippen LogP contribution in [0.1, 0.15) is 0 Å². The van der Waals surface area contributed by atoms with Crippen LogP contribution in [0.2, 0.25) is 0 Å². The fourth-order valence-electron chi connectivity index (χ4n) is 8.88. The van der Waals surface area contributed by atoms with Crippen LogP contribution in [0.4, 0.5) is 0 Å². The first-order chi connectivity index (χ1) is 26.3. The number of aromatic nitrogens is 2. The summed E-state index contributed by atoms with van der Waals surface area (Å²) in [5, 5.41) is 4.97. The number of fused-ring (bicyclic) bond motifs is 10. The number of hydrogen-bond acceptors (Lipinski definition) is 2. The average Bonchev–Trinajstić information content (AvgIpc) is 3.74. The molecule has 0 unspecified atom stereocenters. The van der Waals surface area contributed by atoms with Crippen LogP contribution < -0.4 is 20.3 Å². The van der Waals surface area contributed by atoms with E-state index in [0.29, 0.717) is 0 Å². The molecule has 0 fully saturated rings. The maximum absolute atomic E-state index is 6.98. The molecule has 2 aliphatic rings. The maximum atomic E-state index is 6.98. The van der Waals surface area contributed by atoms with E-state index in [9.17, 15) is 0 Å². The Kier molecular flexibility index (Phi) is 5.83. The molecule has 0 N–H and O–H groups in total. The van der Waals surface area contributed by atoms with E-state index in [1.165, 1.54) is 43.6 Å². The van der Waals surface area contributed by atoms with E-state index in [1.807, 2.05) is 0 Å². The number of para-hydroxylation sites is 5. The van der Waals surface area contributed by atoms with Crippen molar-refractivity contribution in [3.8, 4) is 50.9 Å². The molecule has 53 heavy (non-hydrogen) atoms. The molecule has 4 nitrogen and oxygen atoms in total. The van der Waals surface area contributed by atoms with Gasteiger partial charge >= 0.3 is 6.92 Å². The van der Waals surface area contributed by atoms with Gasteiger partial charge in [0.2, 0.25) is 0 Å². The van der Waals surface area contributed by atoms with E-state index in [4.69, 9.17) is 9.39 Å². The zero-order chi connectivity index (χ0) is 34.6. The van der Waals surface area contributed by atoms with Crippen LogP contribution in [0.15, 0.2) is 176 Å². The third-order valence-corrected chi connectivity index (χ3v) is 11.2. The standard InChI is InChI=1S/C48H29BN2O2/c1-6-19-41-34(14-1)35-15-2-7-20-42(35)50(41)32-13-11-12-30(26-32)31-24-25-40-46(27-31)52-47-29-33(28-39-38-18-5-10-23-45(38)53-49(40)48(39)47)51-43-21-8-3-16-36(43)37-17-4-9-22-44(37)51/h1-29H. The third-order valence-electron chi connectivity index (χ3n) is 11.2. The molecule has 0 aliphatic carbocycles. The SMILES string of the molecule is c1cc(-c2ccc3c(c2)Oc2cc(-n4c5ccccc5c5ccccc54)cc4c2B3Oc2ccccc2-4)cc(-n2c3ccccc3c3ccccc32)c1. The molecular formula is C48H29BN2O2. The van der Waals surface area contributed by atoms with Crippen LogP contribution in [0, 0.1) is 0 Å². The van der Waals surface area contributed by atoms with Crippen molar-refractivity contribution in [2.45, 2.75) is 0 Å². The molecule has 0 saturated heterocycles. The number of benzene rings is 8. The summed E-state index contributed by atoms with van der Waals surface area (Å²) in [4.78, 5) is 0. The maximum Gasteiger partial charge on any atom is 0.434 e. The fraction of sp³-hybridized carbons (Fsp3) is 0. The lowest BCUT2D eigenvalue weighted by atomic mass is 9.50. The van der Waals surface area contributed by atoms with Gasteiger partial charge < -0.3 is 18.5 Å². The van der Waals surface area contributed by atoms with Crippen molar-refractivity contribution in [2.24, 2.45) is 0 Å². The average molecular weight is 677 g/mol. The van der Waals surface area contributed by atoms with Gasteiger partial charge in [-0.25, -0.2) is 0 Å². The van der Waals surface area contributed by atoms with E-state index < -0.39 is 0 Å². The van der Waals surface area contributed by atoms with Crippen molar-refractivity contribution < 1.29 is 9.39 Å². The number of ether oxygens (including phenoxy) is 1. The molecule has 0 atom stereocenters. The first-order valence-electron chi connectivity index (χ1n) is 18.1. The Balaban J connectivity index is 1.03. The predicted octanol–water partition coefficient (Wildman–Crippen LogP) is 10.8. The van der Waals surface area contributed by atoms with Crippen LogP contribution >= 0.6 is 0 Å². The minimum absolute atomic E-state index is 0.288. The zero-order valence-corrected chi connectivity index (χ0v) is 28.5. The first-order valence-corrected chi connectivity index (χ1v) is 18.1. The first kappa shape index (κ1) is 28.7. The van der Waals surface area contributed by atoms with Crippen LogP contribution in [0.3, 0.4) is 0 Å². The lowest BCUT2D eigenvalue weighted by Gasteiger charge is -2.33. The molecule has 0 bridgehead atoms. The Morgan fingerprint density at radius 1 is 0.377 bits per heavy atom. The van der Waals surface area contributed by atoms with E-state index in [2.05, 4.69) is 185 Å². The van der Waals surface area contributed by atoms with Gasteiger partial charge in [0, 0.05) is 49.8 Å². The summed E-state index contributed by atoms with van der Waals surface area (Å²) in [7, 11) is 0. The highest BCUT2D eigenvalue weighted by molar-refractivity contribution is 6.84. The summed E-state index contributed by atoms with van der Waals surface area (Å²) in [6, 6.07) is 62.8. The second-order valence-electron chi connectivity index (χ2n) is 14.0. The van der Waals surface area contributed by atoms with Crippen molar-refractivity contribution in [3.05, 3.63) is 176 Å². The molecule has 0 spiro atoms. The topological polar surface area (TPSA) is 28.3 Å². The van der Waals surface area contributed by atoms with Crippen LogP contribution in [-0.2, 0) is 0 Å². The van der Waals surface area contributed by atoms with Crippen molar-refractivity contribution in [2.75, 3.05) is 0 Å². The molecule has 10 aromatic rings. The minimum atomic E-state index is -0.288. The Labute approximate surface area is 305 Å². The normalized spacial score (nSPS) is 12.8. The van der Waals surface area contributed by atoms with Crippen LogP contribution in [0.5, 0.6) is 17.2 Å². The molecule has 12 rings (SSSR count). The van der Waals surface area contributed by atoms with Gasteiger partial charge in [0.05, 0.1) is 27.8 Å². The summed E-state index contributed by atoms with van der Waals surface area (Å²) >= 11 is 0. The third kappa shape index (κ3) is 4.07. The predicted molar refractivity (Wildman–Crippen MR) is 218 cm³/mol. The van der Waals surface area contributed by atoms with Gasteiger partial charge in [-0.2, -0.15) is 0 Å². The van der Waals surface area contributed by atoms with Gasteiger partial charge in [0.1, 0.15) is 17.2 Å².